The number of aryl methyl sites for hydroxylation is 3. The molecule has 3 heteroatoms. The van der Waals surface area contributed by atoms with Gasteiger partial charge in [-0.15, -0.1) is 0 Å². The molecule has 0 saturated carbocycles. The van der Waals surface area contributed by atoms with Crippen LogP contribution in [0.15, 0.2) is 182 Å². The minimum Gasteiger partial charge on any atom is -0.399 e. The zero-order valence-corrected chi connectivity index (χ0v) is 36.7. The molecule has 0 heterocycles. The van der Waals surface area contributed by atoms with E-state index in [0.717, 1.165) is 68.4 Å². The minimum absolute atomic E-state index is 0.813. The van der Waals surface area contributed by atoms with Gasteiger partial charge in [-0.3, -0.25) is 0 Å². The summed E-state index contributed by atoms with van der Waals surface area (Å²) in [6.45, 7) is 6.70. The molecule has 8 aromatic carbocycles. The molecule has 0 bridgehead atoms. The molecule has 0 aliphatic rings. The lowest BCUT2D eigenvalue weighted by molar-refractivity contribution is 1.03. The van der Waals surface area contributed by atoms with Gasteiger partial charge >= 0.3 is 0 Å². The van der Waals surface area contributed by atoms with Gasteiger partial charge in [-0.1, -0.05) is 159 Å². The van der Waals surface area contributed by atoms with Crippen LogP contribution in [0.2, 0.25) is 0 Å². The first-order valence-corrected chi connectivity index (χ1v) is 22.1. The van der Waals surface area contributed by atoms with E-state index in [9.17, 15) is 0 Å². The predicted molar refractivity (Wildman–Crippen MR) is 265 cm³/mol. The van der Waals surface area contributed by atoms with Crippen LogP contribution in [0, 0.1) is 6.92 Å². The maximum absolute atomic E-state index is 5.85. The molecule has 0 atom stereocenters. The normalized spacial score (nSPS) is 10.9. The second-order valence-electron chi connectivity index (χ2n) is 16.8. The molecule has 312 valence electrons. The third-order valence-corrected chi connectivity index (χ3v) is 11.9. The standard InChI is InChI=1S/C38H40N2.C21H21N/c1-3-33-25-31(21-27-11-17-37(39)18-12-27)9-15-35(33)23-29-5-7-30(8-6-29)24-36-16-10-32(26-34(36)4-2)22-28-13-19-38(40)20-14-28;1-16-13-19(14-18-8-11-21(22)12-9-18)7-10-20(16)15-17-5-3-2-4-6-17/h5-20,25-26H,3-4,21-24,39-40H2,1-2H3;2-13H,14-15,22H2,1H3. The Morgan fingerprint density at radius 2 is 0.565 bits per heavy atom. The van der Waals surface area contributed by atoms with Gasteiger partial charge in [0.25, 0.3) is 0 Å². The zero-order valence-electron chi connectivity index (χ0n) is 36.7. The SMILES string of the molecule is CCc1cc(Cc2ccc(N)cc2)ccc1Cc1ccc(Cc2ccc(Cc3ccc(N)cc3)cc2CC)cc1.Cc1cc(Cc2ccc(N)cc2)ccc1Cc1ccccc1. The molecule has 0 aromatic heterocycles. The van der Waals surface area contributed by atoms with Crippen molar-refractivity contribution in [2.45, 2.75) is 72.1 Å². The molecule has 6 N–H and O–H groups in total. The molecule has 0 aliphatic carbocycles. The Morgan fingerprint density at radius 3 is 0.935 bits per heavy atom. The Labute approximate surface area is 370 Å². The summed E-state index contributed by atoms with van der Waals surface area (Å²) < 4.78 is 0. The van der Waals surface area contributed by atoms with Crippen LogP contribution >= 0.6 is 0 Å². The molecule has 3 nitrogen and oxygen atoms in total. The Morgan fingerprint density at radius 1 is 0.274 bits per heavy atom. The van der Waals surface area contributed by atoms with Crippen molar-refractivity contribution in [1.29, 1.82) is 0 Å². The van der Waals surface area contributed by atoms with Crippen molar-refractivity contribution in [3.05, 3.63) is 265 Å². The Bertz CT molecular complexity index is 2520. The molecule has 0 unspecified atom stereocenters. The van der Waals surface area contributed by atoms with E-state index in [-0.39, 0.29) is 0 Å². The molecule has 0 saturated heterocycles. The summed E-state index contributed by atoms with van der Waals surface area (Å²) in [6.07, 6.45) is 7.82. The Kier molecular flexibility index (Phi) is 14.7. The zero-order chi connectivity index (χ0) is 43.3. The van der Waals surface area contributed by atoms with E-state index < -0.39 is 0 Å². The summed E-state index contributed by atoms with van der Waals surface area (Å²) in [7, 11) is 0. The van der Waals surface area contributed by atoms with Crippen molar-refractivity contribution in [2.24, 2.45) is 0 Å². The van der Waals surface area contributed by atoms with Crippen LogP contribution in [0.25, 0.3) is 0 Å². The van der Waals surface area contributed by atoms with Gasteiger partial charge in [-0.05, 0) is 178 Å². The van der Waals surface area contributed by atoms with Gasteiger partial charge in [0.05, 0.1) is 0 Å². The van der Waals surface area contributed by atoms with E-state index in [4.69, 9.17) is 17.2 Å². The van der Waals surface area contributed by atoms with Crippen LogP contribution in [0.1, 0.15) is 97.3 Å². The van der Waals surface area contributed by atoms with Crippen LogP contribution in [-0.2, 0) is 51.4 Å². The molecule has 0 radical (unpaired) electrons. The Hall–Kier alpha value is -6.84. The van der Waals surface area contributed by atoms with Crippen molar-refractivity contribution in [3.63, 3.8) is 0 Å². The molecule has 8 rings (SSSR count). The second kappa shape index (κ2) is 21.1. The second-order valence-corrected chi connectivity index (χ2v) is 16.8. The smallest absolute Gasteiger partial charge is 0.0314 e. The number of nitrogens with two attached hydrogens (primary N) is 3. The number of hydrogen-bond donors (Lipinski definition) is 3. The first kappa shape index (κ1) is 43.3. The number of benzene rings is 8. The lowest BCUT2D eigenvalue weighted by atomic mass is 9.92. The maximum Gasteiger partial charge on any atom is 0.0314 e. The first-order valence-electron chi connectivity index (χ1n) is 22.1. The number of anilines is 3. The summed E-state index contributed by atoms with van der Waals surface area (Å²) in [5, 5.41) is 0. The van der Waals surface area contributed by atoms with E-state index in [1.165, 1.54) is 83.5 Å². The fraction of sp³-hybridized carbons (Fsp3) is 0.186. The molecule has 0 spiro atoms. The van der Waals surface area contributed by atoms with Gasteiger partial charge in [-0.2, -0.15) is 0 Å². The molecular formula is C59H61N3. The third-order valence-electron chi connectivity index (χ3n) is 11.9. The maximum atomic E-state index is 5.85. The van der Waals surface area contributed by atoms with E-state index in [0.29, 0.717) is 0 Å². The molecular weight excluding hydrogens is 751 g/mol. The van der Waals surface area contributed by atoms with Crippen LogP contribution in [-0.4, -0.2) is 0 Å². The highest BCUT2D eigenvalue weighted by Crippen LogP contribution is 2.24. The van der Waals surface area contributed by atoms with Gasteiger partial charge in [0.15, 0.2) is 0 Å². The lowest BCUT2D eigenvalue weighted by Crippen LogP contribution is -1.99. The monoisotopic (exact) mass is 811 g/mol. The van der Waals surface area contributed by atoms with Crippen LogP contribution in [0.3, 0.4) is 0 Å². The summed E-state index contributed by atoms with van der Waals surface area (Å²) in [6, 6.07) is 65.1. The summed E-state index contributed by atoms with van der Waals surface area (Å²) >= 11 is 0. The fourth-order valence-electron chi connectivity index (χ4n) is 8.29. The van der Waals surface area contributed by atoms with Crippen molar-refractivity contribution >= 4 is 17.1 Å². The van der Waals surface area contributed by atoms with E-state index in [1.54, 1.807) is 0 Å². The van der Waals surface area contributed by atoms with Crippen molar-refractivity contribution in [3.8, 4) is 0 Å². The van der Waals surface area contributed by atoms with Gasteiger partial charge in [0, 0.05) is 17.1 Å². The average molecular weight is 812 g/mol. The summed E-state index contributed by atoms with van der Waals surface area (Å²) in [5.74, 6) is 0. The molecule has 8 aromatic rings. The number of rotatable bonds is 14. The van der Waals surface area contributed by atoms with Crippen LogP contribution in [0.5, 0.6) is 0 Å². The predicted octanol–water partition coefficient (Wildman–Crippen LogP) is 13.1. The summed E-state index contributed by atoms with van der Waals surface area (Å²) in [5.41, 5.74) is 40.4. The third kappa shape index (κ3) is 12.4. The Balaban J connectivity index is 0.000000221. The van der Waals surface area contributed by atoms with Gasteiger partial charge in [0.2, 0.25) is 0 Å². The van der Waals surface area contributed by atoms with Gasteiger partial charge in [0.1, 0.15) is 0 Å². The van der Waals surface area contributed by atoms with Crippen LogP contribution in [0.4, 0.5) is 17.1 Å². The van der Waals surface area contributed by atoms with E-state index in [2.05, 4.69) is 166 Å². The number of hydrogen-bond acceptors (Lipinski definition) is 3. The number of nitrogen functional groups attached to an aromatic ring is 3. The average Bonchev–Trinajstić information content (AvgIpc) is 3.29. The topological polar surface area (TPSA) is 78.1 Å². The van der Waals surface area contributed by atoms with E-state index >= 15 is 0 Å². The quantitative estimate of drug-likeness (QED) is 0.0957. The highest BCUT2D eigenvalue weighted by Gasteiger charge is 2.09. The van der Waals surface area contributed by atoms with E-state index in [1.807, 2.05) is 36.4 Å². The van der Waals surface area contributed by atoms with Gasteiger partial charge < -0.3 is 17.2 Å². The van der Waals surface area contributed by atoms with Crippen LogP contribution < -0.4 is 17.2 Å². The van der Waals surface area contributed by atoms with Gasteiger partial charge in [-0.25, -0.2) is 0 Å². The summed E-state index contributed by atoms with van der Waals surface area (Å²) in [4.78, 5) is 0. The minimum atomic E-state index is 0.813. The molecule has 0 fully saturated rings. The highest BCUT2D eigenvalue weighted by atomic mass is 14.5. The first-order chi connectivity index (χ1) is 30.2. The lowest BCUT2D eigenvalue weighted by Gasteiger charge is -2.13. The molecule has 0 amide bonds. The largest absolute Gasteiger partial charge is 0.399 e. The van der Waals surface area contributed by atoms with Crippen molar-refractivity contribution < 1.29 is 0 Å². The molecule has 62 heavy (non-hydrogen) atoms. The molecule has 0 aliphatic heterocycles. The van der Waals surface area contributed by atoms with Crippen molar-refractivity contribution in [2.75, 3.05) is 17.2 Å². The fourth-order valence-corrected chi connectivity index (χ4v) is 8.29. The van der Waals surface area contributed by atoms with Crippen molar-refractivity contribution in [1.82, 2.24) is 0 Å². The highest BCUT2D eigenvalue weighted by molar-refractivity contribution is 5.46.